The average Bonchev–Trinajstić information content (AvgIpc) is 2.34. The summed E-state index contributed by atoms with van der Waals surface area (Å²) in [4.78, 5) is 61.0. The molecular formula is C12H22Mg3O14. The Balaban J connectivity index is -0.0000000291. The van der Waals surface area contributed by atoms with Crippen molar-refractivity contribution in [1.29, 1.82) is 0 Å². The molecule has 0 aliphatic carbocycles. The van der Waals surface area contributed by atoms with Gasteiger partial charge in [0.15, 0.2) is 11.2 Å². The molecule has 14 nitrogen and oxygen atoms in total. The molecule has 0 unspecified atom stereocenters. The van der Waals surface area contributed by atoms with Crippen LogP contribution >= 0.6 is 0 Å². The van der Waals surface area contributed by atoms with E-state index in [1.54, 1.807) is 0 Å². The second-order valence-electron chi connectivity index (χ2n) is 4.96. The number of carbonyl (C=O) groups is 6. The zero-order chi connectivity index (χ0) is 21.3. The molecule has 29 heavy (non-hydrogen) atoms. The first-order valence-corrected chi connectivity index (χ1v) is 6.34. The molecule has 0 fully saturated rings. The van der Waals surface area contributed by atoms with Gasteiger partial charge in [0.2, 0.25) is 0 Å². The quantitative estimate of drug-likeness (QED) is 0.150. The van der Waals surface area contributed by atoms with Crippen molar-refractivity contribution in [3.8, 4) is 0 Å². The third-order valence-corrected chi connectivity index (χ3v) is 2.57. The number of carboxylic acid groups (broad SMARTS) is 6. The molecule has 0 aliphatic rings. The molecule has 0 aliphatic heterocycles. The Morgan fingerprint density at radius 3 is 0.690 bits per heavy atom. The van der Waals surface area contributed by atoms with E-state index in [1.807, 2.05) is 0 Å². The molecule has 17 heteroatoms. The number of hydrogen-bond donors (Lipinski definition) is 8. The fourth-order valence-corrected chi connectivity index (χ4v) is 1.43. The molecule has 0 saturated carbocycles. The second-order valence-corrected chi connectivity index (χ2v) is 4.96. The molecule has 0 aromatic rings. The van der Waals surface area contributed by atoms with Crippen molar-refractivity contribution < 1.29 is 78.2 Å². The fourth-order valence-electron chi connectivity index (χ4n) is 1.43. The summed E-state index contributed by atoms with van der Waals surface area (Å²) in [5.41, 5.74) is -5.48. The van der Waals surface area contributed by atoms with Crippen LogP contribution in [-0.2, 0) is 28.8 Å². The zero-order valence-corrected chi connectivity index (χ0v) is 19.2. The molecule has 0 aromatic carbocycles. The summed E-state index contributed by atoms with van der Waals surface area (Å²) in [7, 11) is 0. The Hall–Kier alpha value is -0.961. The van der Waals surface area contributed by atoms with E-state index in [0.717, 1.165) is 0 Å². The molecule has 8 N–H and O–H groups in total. The Labute approximate surface area is 219 Å². The number of hydrogen-bond acceptors (Lipinski definition) is 8. The maximum Gasteiger partial charge on any atom is 2.00 e. The Morgan fingerprint density at radius 2 is 0.621 bits per heavy atom. The molecule has 0 spiro atoms. The molecule has 0 amide bonds. The maximum atomic E-state index is 10.3. The van der Waals surface area contributed by atoms with Crippen LogP contribution in [0, 0.1) is 0 Å². The van der Waals surface area contributed by atoms with Gasteiger partial charge < -0.3 is 49.4 Å². The van der Waals surface area contributed by atoms with Gasteiger partial charge in [-0.05, 0) is 0 Å². The predicted molar refractivity (Wildman–Crippen MR) is 98.1 cm³/mol. The van der Waals surface area contributed by atoms with Gasteiger partial charge >= 0.3 is 105 Å². The van der Waals surface area contributed by atoms with Crippen LogP contribution in [0.4, 0.5) is 0 Å². The van der Waals surface area contributed by atoms with Crippen LogP contribution in [0.25, 0.3) is 0 Å². The first-order chi connectivity index (χ1) is 11.6. The van der Waals surface area contributed by atoms with Gasteiger partial charge in [0.1, 0.15) is 0 Å². The minimum atomic E-state index is -2.74. The summed E-state index contributed by atoms with van der Waals surface area (Å²) >= 11 is 0. The number of aliphatic carboxylic acids is 6. The standard InChI is InChI=1S/2C6H8O7.3Mg.6H/c2*7-3(8)1-6(13,5(11)12)2-4(9)10;;;;;;;;;/h2*13H,1-2H2,(H,7,8)(H,9,10)(H,11,12);;;;;;;;;/q;;3*+2;6*-1. The summed E-state index contributed by atoms with van der Waals surface area (Å²) in [6.45, 7) is 0. The van der Waals surface area contributed by atoms with Crippen LogP contribution in [0.15, 0.2) is 0 Å². The maximum absolute atomic E-state index is 10.3. The Morgan fingerprint density at radius 1 is 0.483 bits per heavy atom. The summed E-state index contributed by atoms with van der Waals surface area (Å²) in [6.07, 6.45) is -4.58. The van der Waals surface area contributed by atoms with Crippen LogP contribution in [0.5, 0.6) is 0 Å². The molecule has 0 rings (SSSR count). The third-order valence-electron chi connectivity index (χ3n) is 2.57. The molecule has 0 saturated heterocycles. The molecule has 0 radical (unpaired) electrons. The summed E-state index contributed by atoms with van der Waals surface area (Å²) in [6, 6.07) is 0. The van der Waals surface area contributed by atoms with Crippen LogP contribution in [0.1, 0.15) is 34.2 Å². The van der Waals surface area contributed by atoms with Crippen molar-refractivity contribution >= 4 is 105 Å². The summed E-state index contributed by atoms with van der Waals surface area (Å²) in [5, 5.41) is 67.6. The Kier molecular flexibility index (Phi) is 22.4. The fraction of sp³-hybridized carbons (Fsp3) is 0.500. The van der Waals surface area contributed by atoms with Crippen molar-refractivity contribution in [1.82, 2.24) is 0 Å². The zero-order valence-electron chi connectivity index (χ0n) is 21.0. The number of rotatable bonds is 10. The van der Waals surface area contributed by atoms with Gasteiger partial charge in [-0.15, -0.1) is 0 Å². The van der Waals surface area contributed by atoms with Crippen molar-refractivity contribution in [3.63, 3.8) is 0 Å². The Bertz CT molecular complexity index is 544. The normalized spacial score (nSPS) is 9.72. The SMILES string of the molecule is O=C(O)CC(O)(CC(=O)O)C(=O)O.O=C(O)CC(O)(CC(=O)O)C(=O)O.[H-].[H-].[H-].[H-].[H-].[H-].[Mg+2].[Mg+2].[Mg+2]. The predicted octanol–water partition coefficient (Wildman–Crippen LogP) is -2.96. The summed E-state index contributed by atoms with van der Waals surface area (Å²) in [5.74, 6) is -10.0. The van der Waals surface area contributed by atoms with E-state index < -0.39 is 72.7 Å². The van der Waals surface area contributed by atoms with Gasteiger partial charge in [0.25, 0.3) is 0 Å². The van der Waals surface area contributed by atoms with Gasteiger partial charge in [-0.1, -0.05) is 0 Å². The molecule has 0 bridgehead atoms. The topological polar surface area (TPSA) is 264 Å². The second kappa shape index (κ2) is 16.8. The van der Waals surface area contributed by atoms with Crippen molar-refractivity contribution in [3.05, 3.63) is 0 Å². The number of aliphatic hydroxyl groups is 2. The van der Waals surface area contributed by atoms with E-state index >= 15 is 0 Å². The molecule has 0 atom stereocenters. The molecule has 160 valence electrons. The van der Waals surface area contributed by atoms with Gasteiger partial charge in [0, 0.05) is 0 Å². The van der Waals surface area contributed by atoms with Gasteiger partial charge in [0.05, 0.1) is 25.7 Å². The first-order valence-electron chi connectivity index (χ1n) is 6.34. The van der Waals surface area contributed by atoms with E-state index in [-0.39, 0.29) is 77.7 Å². The third kappa shape index (κ3) is 17.6. The van der Waals surface area contributed by atoms with Gasteiger partial charge in [-0.3, -0.25) is 19.2 Å². The van der Waals surface area contributed by atoms with E-state index in [1.165, 1.54) is 0 Å². The average molecular weight is 463 g/mol. The number of carboxylic acids is 6. The van der Waals surface area contributed by atoms with E-state index in [4.69, 9.17) is 40.9 Å². The van der Waals surface area contributed by atoms with E-state index in [0.29, 0.717) is 0 Å². The van der Waals surface area contributed by atoms with Crippen LogP contribution in [0.3, 0.4) is 0 Å². The molecular weight excluding hydrogens is 441 g/mol. The van der Waals surface area contributed by atoms with Crippen LogP contribution in [0.2, 0.25) is 0 Å². The minimum Gasteiger partial charge on any atom is -1.00 e. The summed E-state index contributed by atoms with van der Waals surface area (Å²) < 4.78 is 0. The van der Waals surface area contributed by atoms with Crippen molar-refractivity contribution in [2.45, 2.75) is 36.9 Å². The minimum absolute atomic E-state index is 0. The molecule has 0 aromatic heterocycles. The monoisotopic (exact) mass is 462 g/mol. The van der Waals surface area contributed by atoms with E-state index in [9.17, 15) is 28.8 Å². The van der Waals surface area contributed by atoms with Gasteiger partial charge in [-0.25, -0.2) is 9.59 Å². The van der Waals surface area contributed by atoms with Crippen molar-refractivity contribution in [2.75, 3.05) is 0 Å². The largest absolute Gasteiger partial charge is 2.00 e. The first kappa shape index (κ1) is 38.6. The van der Waals surface area contributed by atoms with Crippen LogP contribution < -0.4 is 0 Å². The van der Waals surface area contributed by atoms with E-state index in [2.05, 4.69) is 0 Å². The van der Waals surface area contributed by atoms with Gasteiger partial charge in [-0.2, -0.15) is 0 Å². The molecule has 0 heterocycles. The van der Waals surface area contributed by atoms with Crippen LogP contribution in [-0.4, -0.2) is 157 Å². The van der Waals surface area contributed by atoms with Crippen molar-refractivity contribution in [2.24, 2.45) is 0 Å². The smallest absolute Gasteiger partial charge is 1.00 e.